The molecule has 1 atom stereocenters. The van der Waals surface area contributed by atoms with E-state index in [4.69, 9.17) is 9.40 Å². The number of amides is 1. The highest BCUT2D eigenvalue weighted by Gasteiger charge is 2.34. The van der Waals surface area contributed by atoms with Crippen LogP contribution in [0.25, 0.3) is 11.0 Å². The van der Waals surface area contributed by atoms with Crippen molar-refractivity contribution in [3.63, 3.8) is 0 Å². The van der Waals surface area contributed by atoms with Crippen molar-refractivity contribution in [3.05, 3.63) is 47.5 Å². The smallest absolute Gasteiger partial charge is 0.273 e. The fourth-order valence-corrected chi connectivity index (χ4v) is 4.13. The van der Waals surface area contributed by atoms with Gasteiger partial charge in [0, 0.05) is 18.4 Å². The first-order chi connectivity index (χ1) is 12.3. The van der Waals surface area contributed by atoms with Crippen molar-refractivity contribution in [2.75, 3.05) is 6.54 Å². The van der Waals surface area contributed by atoms with E-state index in [1.165, 1.54) is 24.2 Å². The summed E-state index contributed by atoms with van der Waals surface area (Å²) < 4.78 is 5.41. The number of pyridine rings is 1. The van der Waals surface area contributed by atoms with Crippen LogP contribution < -0.4 is 0 Å². The number of likely N-dealkylation sites (tertiary alicyclic amines) is 1. The third kappa shape index (κ3) is 2.35. The highest BCUT2D eigenvalue weighted by molar-refractivity contribution is 6.04. The lowest BCUT2D eigenvalue weighted by Gasteiger charge is -2.23. The van der Waals surface area contributed by atoms with Gasteiger partial charge in [-0.1, -0.05) is 0 Å². The van der Waals surface area contributed by atoms with Gasteiger partial charge in [-0.05, 0) is 50.7 Å². The van der Waals surface area contributed by atoms with E-state index >= 15 is 0 Å². The largest absolute Gasteiger partial charge is 0.464 e. The molecule has 1 aliphatic carbocycles. The number of fused-ring (bicyclic) bond motifs is 2. The SMILES string of the molecule is O=C(c1nccc2occc12)N1CCCC1c1nc2c([nH]1)CCCC2. The molecule has 0 bridgehead atoms. The number of H-pyrrole nitrogens is 1. The predicted octanol–water partition coefficient (Wildman–Crippen LogP) is 3.41. The van der Waals surface area contributed by atoms with Gasteiger partial charge in [-0.25, -0.2) is 4.98 Å². The zero-order chi connectivity index (χ0) is 16.8. The zero-order valence-electron chi connectivity index (χ0n) is 14.0. The lowest BCUT2D eigenvalue weighted by molar-refractivity contribution is 0.0726. The maximum Gasteiger partial charge on any atom is 0.273 e. The van der Waals surface area contributed by atoms with Gasteiger partial charge in [0.05, 0.1) is 23.4 Å². The maximum absolute atomic E-state index is 13.2. The van der Waals surface area contributed by atoms with Crippen molar-refractivity contribution in [1.29, 1.82) is 0 Å². The minimum absolute atomic E-state index is 0.0158. The first-order valence-corrected chi connectivity index (χ1v) is 9.02. The van der Waals surface area contributed by atoms with Crippen molar-refractivity contribution in [2.45, 2.75) is 44.6 Å². The Kier molecular flexibility index (Phi) is 3.36. The van der Waals surface area contributed by atoms with E-state index in [-0.39, 0.29) is 11.9 Å². The van der Waals surface area contributed by atoms with Gasteiger partial charge >= 0.3 is 0 Å². The number of nitrogens with one attached hydrogen (secondary N) is 1. The molecule has 1 amide bonds. The molecule has 5 rings (SSSR count). The molecule has 0 aromatic carbocycles. The van der Waals surface area contributed by atoms with Crippen LogP contribution in [0, 0.1) is 0 Å². The molecule has 1 aliphatic heterocycles. The maximum atomic E-state index is 13.2. The van der Waals surface area contributed by atoms with Crippen LogP contribution in [-0.2, 0) is 12.8 Å². The Bertz CT molecular complexity index is 918. The van der Waals surface area contributed by atoms with Crippen molar-refractivity contribution >= 4 is 16.9 Å². The van der Waals surface area contributed by atoms with Gasteiger partial charge in [-0.15, -0.1) is 0 Å². The van der Waals surface area contributed by atoms with E-state index < -0.39 is 0 Å². The summed E-state index contributed by atoms with van der Waals surface area (Å²) >= 11 is 0. The number of hydrogen-bond acceptors (Lipinski definition) is 4. The number of carbonyl (C=O) groups is 1. The number of hydrogen-bond donors (Lipinski definition) is 1. The van der Waals surface area contributed by atoms with E-state index in [1.54, 1.807) is 18.5 Å². The Labute approximate surface area is 145 Å². The first-order valence-electron chi connectivity index (χ1n) is 9.02. The fraction of sp³-hybridized carbons (Fsp3) is 0.421. The summed E-state index contributed by atoms with van der Waals surface area (Å²) in [5.74, 6) is 0.904. The van der Waals surface area contributed by atoms with E-state index in [0.29, 0.717) is 11.3 Å². The Morgan fingerprint density at radius 2 is 2.16 bits per heavy atom. The average Bonchev–Trinajstić information content (AvgIpc) is 3.37. The highest BCUT2D eigenvalue weighted by Crippen LogP contribution is 2.34. The minimum atomic E-state index is -0.0381. The molecule has 4 heterocycles. The standard InChI is InChI=1S/C19H20N4O2/c24-19(17-12-8-11-25-16(12)7-9-20-17)23-10-3-6-15(23)18-21-13-4-1-2-5-14(13)22-18/h7-9,11,15H,1-6,10H2,(H,21,22). The molecule has 1 saturated heterocycles. The van der Waals surface area contributed by atoms with Gasteiger partial charge in [0.1, 0.15) is 17.1 Å². The molecule has 25 heavy (non-hydrogen) atoms. The second-order valence-electron chi connectivity index (χ2n) is 6.90. The normalized spacial score (nSPS) is 20.2. The number of aromatic nitrogens is 3. The molecule has 1 unspecified atom stereocenters. The quantitative estimate of drug-likeness (QED) is 0.778. The summed E-state index contributed by atoms with van der Waals surface area (Å²) in [6.45, 7) is 0.741. The van der Waals surface area contributed by atoms with E-state index in [2.05, 4.69) is 9.97 Å². The van der Waals surface area contributed by atoms with E-state index in [1.807, 2.05) is 11.0 Å². The van der Waals surface area contributed by atoms with E-state index in [9.17, 15) is 4.79 Å². The fourth-order valence-electron chi connectivity index (χ4n) is 4.13. The van der Waals surface area contributed by atoms with Crippen LogP contribution in [0.5, 0.6) is 0 Å². The van der Waals surface area contributed by atoms with Gasteiger partial charge < -0.3 is 14.3 Å². The number of imidazole rings is 1. The number of nitrogens with zero attached hydrogens (tertiary/aromatic N) is 3. The topological polar surface area (TPSA) is 75.0 Å². The summed E-state index contributed by atoms with van der Waals surface area (Å²) in [6, 6.07) is 3.61. The van der Waals surface area contributed by atoms with Crippen molar-refractivity contribution in [3.8, 4) is 0 Å². The Morgan fingerprint density at radius 1 is 1.24 bits per heavy atom. The molecule has 128 valence electrons. The van der Waals surface area contributed by atoms with Crippen LogP contribution in [-0.4, -0.2) is 32.3 Å². The molecule has 0 radical (unpaired) electrons. The third-order valence-corrected chi connectivity index (χ3v) is 5.38. The molecular formula is C19H20N4O2. The van der Waals surface area contributed by atoms with Crippen LogP contribution in [0.3, 0.4) is 0 Å². The molecule has 1 fully saturated rings. The molecule has 2 aliphatic rings. The van der Waals surface area contributed by atoms with Crippen LogP contribution in [0.4, 0.5) is 0 Å². The van der Waals surface area contributed by atoms with Gasteiger partial charge in [0.15, 0.2) is 0 Å². The third-order valence-electron chi connectivity index (χ3n) is 5.38. The molecule has 0 spiro atoms. The lowest BCUT2D eigenvalue weighted by atomic mass is 10.0. The van der Waals surface area contributed by atoms with Gasteiger partial charge in [0.2, 0.25) is 0 Å². The van der Waals surface area contributed by atoms with Crippen molar-refractivity contribution in [1.82, 2.24) is 19.9 Å². The number of rotatable bonds is 2. The Balaban J connectivity index is 1.49. The molecule has 3 aromatic rings. The Morgan fingerprint density at radius 3 is 3.08 bits per heavy atom. The molecule has 6 heteroatoms. The van der Waals surface area contributed by atoms with Crippen molar-refractivity contribution < 1.29 is 9.21 Å². The molecule has 3 aromatic heterocycles. The number of carbonyl (C=O) groups excluding carboxylic acids is 1. The predicted molar refractivity (Wildman–Crippen MR) is 92.3 cm³/mol. The lowest BCUT2D eigenvalue weighted by Crippen LogP contribution is -2.31. The zero-order valence-corrected chi connectivity index (χ0v) is 14.0. The summed E-state index contributed by atoms with van der Waals surface area (Å²) in [5, 5.41) is 0.775. The van der Waals surface area contributed by atoms with Crippen molar-refractivity contribution in [2.24, 2.45) is 0 Å². The summed E-state index contributed by atoms with van der Waals surface area (Å²) in [6.07, 6.45) is 9.70. The summed E-state index contributed by atoms with van der Waals surface area (Å²) in [5.41, 5.74) is 3.61. The van der Waals surface area contributed by atoms with Crippen LogP contribution in [0.15, 0.2) is 29.0 Å². The minimum Gasteiger partial charge on any atom is -0.464 e. The van der Waals surface area contributed by atoms with E-state index in [0.717, 1.165) is 43.4 Å². The highest BCUT2D eigenvalue weighted by atomic mass is 16.3. The van der Waals surface area contributed by atoms with Gasteiger partial charge in [-0.3, -0.25) is 9.78 Å². The monoisotopic (exact) mass is 336 g/mol. The number of furan rings is 1. The van der Waals surface area contributed by atoms with Gasteiger partial charge in [0.25, 0.3) is 5.91 Å². The van der Waals surface area contributed by atoms with Crippen LogP contribution in [0.2, 0.25) is 0 Å². The van der Waals surface area contributed by atoms with Gasteiger partial charge in [-0.2, -0.15) is 0 Å². The molecular weight excluding hydrogens is 316 g/mol. The van der Waals surface area contributed by atoms with Crippen LogP contribution >= 0.6 is 0 Å². The molecule has 0 saturated carbocycles. The number of aromatic amines is 1. The van der Waals surface area contributed by atoms with Crippen LogP contribution in [0.1, 0.15) is 59.4 Å². The Hall–Kier alpha value is -2.63. The first kappa shape index (κ1) is 14.7. The number of aryl methyl sites for hydroxylation is 2. The summed E-state index contributed by atoms with van der Waals surface area (Å²) in [4.78, 5) is 27.7. The average molecular weight is 336 g/mol. The second-order valence-corrected chi connectivity index (χ2v) is 6.90. The molecule has 1 N–H and O–H groups in total. The second kappa shape index (κ2) is 5.72. The molecule has 6 nitrogen and oxygen atoms in total. The summed E-state index contributed by atoms with van der Waals surface area (Å²) in [7, 11) is 0.